The molecule has 8 nitrogen and oxygen atoms in total. The standard InChI is InChI=1S/C29H35N5O3/c1-29(2,17-31)18-32-27(36)22-12-13-24-23(14-22)33-26(35)15-25(20-6-4-3-5-7-20)34(24)28(37)21-10-8-19(16-30)9-11-21/h8-14,20,25H,3-7,15,17-18,31H2,1-2H3,(H,32,36)(H,33,35). The summed E-state index contributed by atoms with van der Waals surface area (Å²) in [5.41, 5.74) is 7.88. The van der Waals surface area contributed by atoms with Crippen LogP contribution in [0.1, 0.15) is 78.7 Å². The van der Waals surface area contributed by atoms with Gasteiger partial charge in [-0.1, -0.05) is 33.1 Å². The van der Waals surface area contributed by atoms with E-state index in [0.717, 1.165) is 32.1 Å². The number of rotatable bonds is 6. The van der Waals surface area contributed by atoms with Crippen LogP contribution in [0.25, 0.3) is 0 Å². The van der Waals surface area contributed by atoms with Crippen LogP contribution in [0.4, 0.5) is 11.4 Å². The molecule has 0 aromatic heterocycles. The molecule has 3 amide bonds. The first-order valence-corrected chi connectivity index (χ1v) is 13.0. The van der Waals surface area contributed by atoms with Crippen molar-refractivity contribution in [3.63, 3.8) is 0 Å². The third kappa shape index (κ3) is 6.00. The smallest absolute Gasteiger partial charge is 0.258 e. The van der Waals surface area contributed by atoms with E-state index in [2.05, 4.69) is 16.7 Å². The van der Waals surface area contributed by atoms with Crippen molar-refractivity contribution in [3.05, 3.63) is 59.2 Å². The number of carbonyl (C=O) groups excluding carboxylic acids is 3. The second kappa shape index (κ2) is 11.1. The monoisotopic (exact) mass is 501 g/mol. The summed E-state index contributed by atoms with van der Waals surface area (Å²) in [6, 6.07) is 13.4. The van der Waals surface area contributed by atoms with E-state index in [1.807, 2.05) is 13.8 Å². The number of benzene rings is 2. The molecular weight excluding hydrogens is 466 g/mol. The predicted molar refractivity (Wildman–Crippen MR) is 143 cm³/mol. The molecule has 1 atom stereocenters. The van der Waals surface area contributed by atoms with Crippen molar-refractivity contribution in [2.75, 3.05) is 23.3 Å². The molecule has 1 unspecified atom stereocenters. The number of nitrogens with one attached hydrogen (secondary N) is 2. The Kier molecular flexibility index (Phi) is 7.94. The molecule has 0 radical (unpaired) electrons. The number of carbonyl (C=O) groups is 3. The fraction of sp³-hybridized carbons (Fsp3) is 0.448. The largest absolute Gasteiger partial charge is 0.351 e. The van der Waals surface area contributed by atoms with E-state index < -0.39 is 0 Å². The molecule has 2 aliphatic rings. The van der Waals surface area contributed by atoms with Crippen LogP contribution in [-0.4, -0.2) is 36.9 Å². The van der Waals surface area contributed by atoms with Gasteiger partial charge in [-0.25, -0.2) is 0 Å². The molecule has 1 aliphatic heterocycles. The first kappa shape index (κ1) is 26.4. The van der Waals surface area contributed by atoms with Gasteiger partial charge in [0.25, 0.3) is 11.8 Å². The lowest BCUT2D eigenvalue weighted by Gasteiger charge is -2.37. The molecule has 0 spiro atoms. The van der Waals surface area contributed by atoms with Gasteiger partial charge in [0.05, 0.1) is 23.0 Å². The van der Waals surface area contributed by atoms with Gasteiger partial charge in [0.2, 0.25) is 5.91 Å². The number of nitrogens with zero attached hydrogens (tertiary/aromatic N) is 2. The molecule has 2 aromatic carbocycles. The van der Waals surface area contributed by atoms with E-state index in [-0.39, 0.29) is 41.5 Å². The molecule has 1 saturated carbocycles. The quantitative estimate of drug-likeness (QED) is 0.546. The minimum atomic E-state index is -0.297. The molecular formula is C29H35N5O3. The van der Waals surface area contributed by atoms with Crippen LogP contribution in [0.15, 0.2) is 42.5 Å². The molecule has 1 aliphatic carbocycles. The third-order valence-electron chi connectivity index (χ3n) is 7.47. The van der Waals surface area contributed by atoms with Gasteiger partial charge >= 0.3 is 0 Å². The van der Waals surface area contributed by atoms with Crippen LogP contribution in [0.5, 0.6) is 0 Å². The van der Waals surface area contributed by atoms with E-state index >= 15 is 0 Å². The summed E-state index contributed by atoms with van der Waals surface area (Å²) in [7, 11) is 0. The lowest BCUT2D eigenvalue weighted by atomic mass is 9.81. The molecule has 4 rings (SSSR count). The molecule has 0 saturated heterocycles. The number of nitriles is 1. The Morgan fingerprint density at radius 1 is 1.11 bits per heavy atom. The van der Waals surface area contributed by atoms with Gasteiger partial charge in [0.1, 0.15) is 0 Å². The lowest BCUT2D eigenvalue weighted by molar-refractivity contribution is -0.116. The third-order valence-corrected chi connectivity index (χ3v) is 7.47. The van der Waals surface area contributed by atoms with Crippen LogP contribution < -0.4 is 21.3 Å². The number of hydrogen-bond donors (Lipinski definition) is 3. The van der Waals surface area contributed by atoms with Gasteiger partial charge < -0.3 is 21.3 Å². The van der Waals surface area contributed by atoms with Crippen molar-refractivity contribution in [3.8, 4) is 6.07 Å². The van der Waals surface area contributed by atoms with Crippen LogP contribution in [0.3, 0.4) is 0 Å². The van der Waals surface area contributed by atoms with E-state index in [1.165, 1.54) is 0 Å². The average molecular weight is 502 g/mol. The van der Waals surface area contributed by atoms with Crippen LogP contribution in [0, 0.1) is 22.7 Å². The molecule has 0 bridgehead atoms. The molecule has 2 aromatic rings. The summed E-state index contributed by atoms with van der Waals surface area (Å²) in [5, 5.41) is 15.0. The average Bonchev–Trinajstić information content (AvgIpc) is 3.07. The zero-order valence-electron chi connectivity index (χ0n) is 21.5. The topological polar surface area (TPSA) is 128 Å². The van der Waals surface area contributed by atoms with Gasteiger partial charge in [-0.15, -0.1) is 0 Å². The Bertz CT molecular complexity index is 1210. The Morgan fingerprint density at radius 2 is 1.78 bits per heavy atom. The van der Waals surface area contributed by atoms with E-state index in [1.54, 1.807) is 47.4 Å². The first-order valence-electron chi connectivity index (χ1n) is 13.0. The van der Waals surface area contributed by atoms with Crippen LogP contribution in [0.2, 0.25) is 0 Å². The second-order valence-corrected chi connectivity index (χ2v) is 10.9. The summed E-state index contributed by atoms with van der Waals surface area (Å²) in [6.45, 7) is 4.80. The Morgan fingerprint density at radius 3 is 2.43 bits per heavy atom. The Balaban J connectivity index is 1.72. The Labute approximate surface area is 218 Å². The van der Waals surface area contributed by atoms with Gasteiger partial charge in [-0.05, 0) is 73.2 Å². The minimum absolute atomic E-state index is 0.172. The zero-order chi connectivity index (χ0) is 26.6. The molecule has 1 fully saturated rings. The fourth-order valence-corrected chi connectivity index (χ4v) is 5.13. The number of anilines is 2. The highest BCUT2D eigenvalue weighted by Crippen LogP contribution is 2.39. The first-order chi connectivity index (χ1) is 17.7. The summed E-state index contributed by atoms with van der Waals surface area (Å²) >= 11 is 0. The van der Waals surface area contributed by atoms with Gasteiger partial charge in [-0.2, -0.15) is 5.26 Å². The van der Waals surface area contributed by atoms with Crippen molar-refractivity contribution in [1.82, 2.24) is 5.32 Å². The SMILES string of the molecule is CC(C)(CN)CNC(=O)c1ccc2c(c1)NC(=O)CC(C1CCCCC1)N2C(=O)c1ccc(C#N)cc1. The van der Waals surface area contributed by atoms with Crippen molar-refractivity contribution in [2.45, 2.75) is 58.4 Å². The predicted octanol–water partition coefficient (Wildman–Crippen LogP) is 4.21. The van der Waals surface area contributed by atoms with Crippen LogP contribution in [-0.2, 0) is 4.79 Å². The van der Waals surface area contributed by atoms with Gasteiger partial charge in [0.15, 0.2) is 0 Å². The van der Waals surface area contributed by atoms with Crippen molar-refractivity contribution in [2.24, 2.45) is 17.1 Å². The maximum atomic E-state index is 14.0. The van der Waals surface area contributed by atoms with Crippen molar-refractivity contribution >= 4 is 29.1 Å². The van der Waals surface area contributed by atoms with E-state index in [4.69, 9.17) is 11.0 Å². The fourth-order valence-electron chi connectivity index (χ4n) is 5.13. The van der Waals surface area contributed by atoms with E-state index in [9.17, 15) is 14.4 Å². The number of hydrogen-bond acceptors (Lipinski definition) is 5. The molecule has 4 N–H and O–H groups in total. The van der Waals surface area contributed by atoms with Gasteiger partial charge in [0, 0.05) is 30.1 Å². The van der Waals surface area contributed by atoms with Crippen molar-refractivity contribution < 1.29 is 14.4 Å². The normalized spacial score (nSPS) is 18.3. The maximum Gasteiger partial charge on any atom is 0.258 e. The van der Waals surface area contributed by atoms with Gasteiger partial charge in [-0.3, -0.25) is 14.4 Å². The molecule has 1 heterocycles. The molecule has 37 heavy (non-hydrogen) atoms. The lowest BCUT2D eigenvalue weighted by Crippen LogP contribution is -2.46. The summed E-state index contributed by atoms with van der Waals surface area (Å²) in [4.78, 5) is 41.7. The summed E-state index contributed by atoms with van der Waals surface area (Å²) < 4.78 is 0. The second-order valence-electron chi connectivity index (χ2n) is 10.9. The highest BCUT2D eigenvalue weighted by Gasteiger charge is 2.38. The number of amides is 3. The maximum absolute atomic E-state index is 14.0. The van der Waals surface area contributed by atoms with Crippen molar-refractivity contribution in [1.29, 1.82) is 5.26 Å². The molecule has 194 valence electrons. The highest BCUT2D eigenvalue weighted by molar-refractivity contribution is 6.12. The number of nitrogens with two attached hydrogens (primary N) is 1. The van der Waals surface area contributed by atoms with Crippen LogP contribution >= 0.6 is 0 Å². The highest BCUT2D eigenvalue weighted by atomic mass is 16.2. The van der Waals surface area contributed by atoms with E-state index in [0.29, 0.717) is 41.2 Å². The summed E-state index contributed by atoms with van der Waals surface area (Å²) in [5.74, 6) is -0.459. The summed E-state index contributed by atoms with van der Waals surface area (Å²) in [6.07, 6.45) is 5.42. The molecule has 8 heteroatoms. The Hall–Kier alpha value is -3.70. The number of fused-ring (bicyclic) bond motifs is 1. The zero-order valence-corrected chi connectivity index (χ0v) is 21.5. The minimum Gasteiger partial charge on any atom is -0.351 e.